The molecule has 0 unspecified atom stereocenters. The molecule has 0 radical (unpaired) electrons. The fourth-order valence-electron chi connectivity index (χ4n) is 4.89. The summed E-state index contributed by atoms with van der Waals surface area (Å²) in [6, 6.07) is 37.8. The van der Waals surface area contributed by atoms with Crippen molar-refractivity contribution in [1.29, 1.82) is 0 Å². The van der Waals surface area contributed by atoms with Gasteiger partial charge in [0, 0.05) is 21.8 Å². The van der Waals surface area contributed by atoms with E-state index in [1.54, 1.807) is 6.08 Å². The molecule has 6 rings (SSSR count). The Bertz CT molecular complexity index is 1720. The second-order valence-corrected chi connectivity index (χ2v) is 9.77. The van der Waals surface area contributed by atoms with Gasteiger partial charge < -0.3 is 14.0 Å². The van der Waals surface area contributed by atoms with Crippen molar-refractivity contribution in [1.82, 2.24) is 4.57 Å². The summed E-state index contributed by atoms with van der Waals surface area (Å²) in [5, 5.41) is 0.668. The number of halogens is 1. The van der Waals surface area contributed by atoms with Gasteiger partial charge in [-0.05, 0) is 84.8 Å². The summed E-state index contributed by atoms with van der Waals surface area (Å²) >= 11 is 6.25. The van der Waals surface area contributed by atoms with Crippen LogP contribution in [0.25, 0.3) is 40.0 Å². The van der Waals surface area contributed by atoms with Crippen molar-refractivity contribution < 1.29 is 14.3 Å². The van der Waals surface area contributed by atoms with Crippen LogP contribution in [0.1, 0.15) is 18.1 Å². The number of ether oxygens (including phenoxy) is 2. The molecule has 196 valence electrons. The van der Waals surface area contributed by atoms with Gasteiger partial charge in [-0.3, -0.25) is 0 Å². The molecule has 0 aliphatic carbocycles. The number of benzene rings is 4. The van der Waals surface area contributed by atoms with Gasteiger partial charge in [0.15, 0.2) is 0 Å². The van der Waals surface area contributed by atoms with Crippen LogP contribution in [0, 0.1) is 0 Å². The lowest BCUT2D eigenvalue weighted by Gasteiger charge is -2.15. The first-order chi connectivity index (χ1) is 19.6. The summed E-state index contributed by atoms with van der Waals surface area (Å²) < 4.78 is 13.4. The molecular formula is C35H26ClNO3. The molecule has 0 amide bonds. The van der Waals surface area contributed by atoms with E-state index in [0.717, 1.165) is 45.1 Å². The highest BCUT2D eigenvalue weighted by atomic mass is 35.5. The van der Waals surface area contributed by atoms with Crippen molar-refractivity contribution in [2.24, 2.45) is 0 Å². The van der Waals surface area contributed by atoms with E-state index >= 15 is 0 Å². The van der Waals surface area contributed by atoms with E-state index in [4.69, 9.17) is 21.1 Å². The van der Waals surface area contributed by atoms with Crippen LogP contribution in [0.5, 0.6) is 5.75 Å². The summed E-state index contributed by atoms with van der Waals surface area (Å²) in [6.07, 6.45) is 3.71. The van der Waals surface area contributed by atoms with E-state index < -0.39 is 0 Å². The molecule has 2 heterocycles. The monoisotopic (exact) mass is 543 g/mol. The second kappa shape index (κ2) is 11.1. The van der Waals surface area contributed by atoms with E-state index in [1.807, 2.05) is 97.9 Å². The van der Waals surface area contributed by atoms with Crippen LogP contribution < -0.4 is 4.74 Å². The standard InChI is InChI=1S/C35H26ClNO3/c1-2-39-31-19-13-25(14-20-31)33-23-28(35(38)40-33)21-27-22-32(24-9-5-3-6-10-24)37(30-17-15-29(36)16-18-30)34(27)26-11-7-4-8-12-26/h3-23H,2H2,1H3/b28-21-. The molecule has 4 nitrogen and oxygen atoms in total. The van der Waals surface area contributed by atoms with Crippen LogP contribution in [-0.4, -0.2) is 17.1 Å². The predicted octanol–water partition coefficient (Wildman–Crippen LogP) is 8.84. The van der Waals surface area contributed by atoms with Crippen LogP contribution >= 0.6 is 11.6 Å². The molecule has 0 N–H and O–H groups in total. The molecule has 0 saturated carbocycles. The smallest absolute Gasteiger partial charge is 0.343 e. The average Bonchev–Trinajstić information content (AvgIpc) is 3.55. The largest absolute Gasteiger partial charge is 0.494 e. The number of rotatable bonds is 7. The molecule has 0 spiro atoms. The highest BCUT2D eigenvalue weighted by Crippen LogP contribution is 2.38. The van der Waals surface area contributed by atoms with E-state index in [2.05, 4.69) is 34.9 Å². The van der Waals surface area contributed by atoms with Crippen LogP contribution in [-0.2, 0) is 9.53 Å². The van der Waals surface area contributed by atoms with Crippen molar-refractivity contribution in [3.05, 3.63) is 143 Å². The van der Waals surface area contributed by atoms with Gasteiger partial charge in [-0.25, -0.2) is 4.79 Å². The molecule has 0 bridgehead atoms. The quantitative estimate of drug-likeness (QED) is 0.152. The summed E-state index contributed by atoms with van der Waals surface area (Å²) in [5.74, 6) is 0.904. The van der Waals surface area contributed by atoms with Crippen molar-refractivity contribution in [2.75, 3.05) is 6.61 Å². The third-order valence-electron chi connectivity index (χ3n) is 6.72. The lowest BCUT2D eigenvalue weighted by molar-refractivity contribution is -0.130. The van der Waals surface area contributed by atoms with Gasteiger partial charge in [0.05, 0.1) is 23.6 Å². The Morgan fingerprint density at radius 2 is 1.45 bits per heavy atom. The molecule has 0 fully saturated rings. The van der Waals surface area contributed by atoms with Gasteiger partial charge >= 0.3 is 5.97 Å². The minimum Gasteiger partial charge on any atom is -0.494 e. The molecule has 0 atom stereocenters. The van der Waals surface area contributed by atoms with E-state index in [-0.39, 0.29) is 5.97 Å². The third-order valence-corrected chi connectivity index (χ3v) is 6.97. The molecule has 0 saturated heterocycles. The number of hydrogen-bond acceptors (Lipinski definition) is 3. The molecule has 1 aliphatic rings. The zero-order valence-electron chi connectivity index (χ0n) is 21.9. The first-order valence-corrected chi connectivity index (χ1v) is 13.5. The highest BCUT2D eigenvalue weighted by Gasteiger charge is 2.25. The fourth-order valence-corrected chi connectivity index (χ4v) is 5.02. The van der Waals surface area contributed by atoms with Gasteiger partial charge in [0.2, 0.25) is 0 Å². The van der Waals surface area contributed by atoms with Gasteiger partial charge in [0.1, 0.15) is 11.5 Å². The Balaban J connectivity index is 1.53. The van der Waals surface area contributed by atoms with Gasteiger partial charge in [0.25, 0.3) is 0 Å². The Morgan fingerprint density at radius 1 is 0.800 bits per heavy atom. The molecule has 5 aromatic rings. The lowest BCUT2D eigenvalue weighted by Crippen LogP contribution is -2.00. The fraction of sp³-hybridized carbons (Fsp3) is 0.0571. The first-order valence-electron chi connectivity index (χ1n) is 13.1. The number of aromatic nitrogens is 1. The molecule has 5 heteroatoms. The minimum atomic E-state index is -0.386. The summed E-state index contributed by atoms with van der Waals surface area (Å²) in [7, 11) is 0. The van der Waals surface area contributed by atoms with Crippen LogP contribution in [0.2, 0.25) is 5.02 Å². The summed E-state index contributed by atoms with van der Waals surface area (Å²) in [4.78, 5) is 13.1. The Hall–Kier alpha value is -4.80. The maximum Gasteiger partial charge on any atom is 0.343 e. The maximum absolute atomic E-state index is 13.1. The normalized spacial score (nSPS) is 13.8. The van der Waals surface area contributed by atoms with Gasteiger partial charge in [-0.2, -0.15) is 0 Å². The number of esters is 1. The van der Waals surface area contributed by atoms with Crippen LogP contribution in [0.3, 0.4) is 0 Å². The average molecular weight is 544 g/mol. The number of nitrogens with zero attached hydrogens (tertiary/aromatic N) is 1. The summed E-state index contributed by atoms with van der Waals surface area (Å²) in [5.41, 5.74) is 7.19. The topological polar surface area (TPSA) is 40.5 Å². The number of carbonyl (C=O) groups is 1. The lowest BCUT2D eigenvalue weighted by atomic mass is 10.0. The van der Waals surface area contributed by atoms with Gasteiger partial charge in [-0.1, -0.05) is 72.3 Å². The second-order valence-electron chi connectivity index (χ2n) is 9.33. The molecule has 40 heavy (non-hydrogen) atoms. The maximum atomic E-state index is 13.1. The van der Waals surface area contributed by atoms with Crippen LogP contribution in [0.15, 0.2) is 127 Å². The van der Waals surface area contributed by atoms with E-state index in [0.29, 0.717) is 23.0 Å². The third kappa shape index (κ3) is 5.09. The predicted molar refractivity (Wildman–Crippen MR) is 161 cm³/mol. The van der Waals surface area contributed by atoms with Crippen LogP contribution in [0.4, 0.5) is 0 Å². The van der Waals surface area contributed by atoms with E-state index in [9.17, 15) is 4.79 Å². The summed E-state index contributed by atoms with van der Waals surface area (Å²) in [6.45, 7) is 2.54. The van der Waals surface area contributed by atoms with Crippen molar-refractivity contribution in [3.63, 3.8) is 0 Å². The molecular weight excluding hydrogens is 518 g/mol. The number of hydrogen-bond donors (Lipinski definition) is 0. The number of cyclic esters (lactones) is 1. The minimum absolute atomic E-state index is 0.386. The SMILES string of the molecule is CCOc1ccc(C2=C/C(=C/c3cc(-c4ccccc4)n(-c4ccc(Cl)cc4)c3-c3ccccc3)C(=O)O2)cc1. The number of carbonyl (C=O) groups excluding carboxylic acids is 1. The Labute approximate surface area is 238 Å². The van der Waals surface area contributed by atoms with Crippen molar-refractivity contribution in [3.8, 4) is 34.0 Å². The zero-order valence-corrected chi connectivity index (χ0v) is 22.6. The van der Waals surface area contributed by atoms with Crippen molar-refractivity contribution >= 4 is 29.4 Å². The molecule has 4 aromatic carbocycles. The van der Waals surface area contributed by atoms with Gasteiger partial charge in [-0.15, -0.1) is 0 Å². The van der Waals surface area contributed by atoms with Crippen molar-refractivity contribution in [2.45, 2.75) is 6.92 Å². The Kier molecular flexibility index (Phi) is 7.09. The highest BCUT2D eigenvalue weighted by molar-refractivity contribution is 6.30. The Morgan fingerprint density at radius 3 is 2.10 bits per heavy atom. The van der Waals surface area contributed by atoms with E-state index in [1.165, 1.54) is 0 Å². The molecule has 1 aliphatic heterocycles. The zero-order chi connectivity index (χ0) is 27.5. The molecule has 1 aromatic heterocycles. The first kappa shape index (κ1) is 25.5.